The number of methoxy groups -OCH3 is 1. The van der Waals surface area contributed by atoms with E-state index >= 15 is 0 Å². The summed E-state index contributed by atoms with van der Waals surface area (Å²) < 4.78 is 28.9. The van der Waals surface area contributed by atoms with Crippen LogP contribution >= 0.6 is 11.8 Å². The molecule has 2 rings (SSSR count). The van der Waals surface area contributed by atoms with Crippen molar-refractivity contribution in [3.05, 3.63) is 59.7 Å². The highest BCUT2D eigenvalue weighted by atomic mass is 32.2. The smallest absolute Gasteiger partial charge is 0.180 e. The van der Waals surface area contributed by atoms with Crippen molar-refractivity contribution in [1.29, 1.82) is 0 Å². The second kappa shape index (κ2) is 8.68. The van der Waals surface area contributed by atoms with Crippen molar-refractivity contribution < 1.29 is 13.2 Å². The van der Waals surface area contributed by atoms with Gasteiger partial charge in [0.1, 0.15) is 5.75 Å². The minimum Gasteiger partial charge on any atom is -0.497 e. The molecular weight excluding hydrogens is 358 g/mol. The van der Waals surface area contributed by atoms with Crippen LogP contribution in [0.15, 0.2) is 63.6 Å². The van der Waals surface area contributed by atoms with Crippen LogP contribution in [0.3, 0.4) is 0 Å². The summed E-state index contributed by atoms with van der Waals surface area (Å²) in [4.78, 5) is 0.126. The first-order valence-electron chi connectivity index (χ1n) is 7.31. The van der Waals surface area contributed by atoms with E-state index in [0.29, 0.717) is 22.2 Å². The Morgan fingerprint density at radius 1 is 1.24 bits per heavy atom. The Kier molecular flexibility index (Phi) is 6.60. The van der Waals surface area contributed by atoms with E-state index in [1.54, 1.807) is 12.1 Å². The van der Waals surface area contributed by atoms with Crippen molar-refractivity contribution in [1.82, 2.24) is 0 Å². The number of ether oxygens (including phenoxy) is 1. The number of rotatable bonds is 6. The van der Waals surface area contributed by atoms with Gasteiger partial charge >= 0.3 is 0 Å². The van der Waals surface area contributed by atoms with E-state index in [1.165, 1.54) is 31.2 Å². The average Bonchev–Trinajstić information content (AvgIpc) is 2.60. The van der Waals surface area contributed by atoms with Crippen LogP contribution in [0, 0.1) is 0 Å². The van der Waals surface area contributed by atoms with Crippen molar-refractivity contribution in [2.24, 2.45) is 15.9 Å². The van der Waals surface area contributed by atoms with Crippen molar-refractivity contribution >= 4 is 33.0 Å². The average molecular weight is 377 g/mol. The van der Waals surface area contributed by atoms with Crippen LogP contribution in [0.2, 0.25) is 0 Å². The normalized spacial score (nSPS) is 12.5. The lowest BCUT2D eigenvalue weighted by Crippen LogP contribution is -2.06. The molecule has 0 heterocycles. The number of hydrogen-bond acceptors (Lipinski definition) is 6. The van der Waals surface area contributed by atoms with E-state index in [4.69, 9.17) is 10.5 Å². The Morgan fingerprint density at radius 3 is 2.60 bits per heavy atom. The maximum Gasteiger partial charge on any atom is 0.180 e. The molecular formula is C17H19N3O3S2. The Labute approximate surface area is 151 Å². The van der Waals surface area contributed by atoms with Gasteiger partial charge in [0.2, 0.25) is 0 Å². The molecule has 2 N–H and O–H groups in total. The van der Waals surface area contributed by atoms with E-state index < -0.39 is 9.84 Å². The molecule has 0 fully saturated rings. The molecule has 2 aromatic carbocycles. The number of nitrogens with zero attached hydrogens (tertiary/aromatic N) is 2. The molecule has 0 unspecified atom stereocenters. The summed E-state index contributed by atoms with van der Waals surface area (Å²) >= 11 is 1.36. The summed E-state index contributed by atoms with van der Waals surface area (Å²) in [6, 6.07) is 14.6. The van der Waals surface area contributed by atoms with Crippen LogP contribution in [0.25, 0.3) is 0 Å². The summed E-state index contributed by atoms with van der Waals surface area (Å²) in [6.45, 7) is 0. The molecule has 132 valence electrons. The minimum absolute atomic E-state index is 0.126. The quantitative estimate of drug-likeness (QED) is 0.474. The zero-order valence-electron chi connectivity index (χ0n) is 13.9. The van der Waals surface area contributed by atoms with Crippen LogP contribution in [0.1, 0.15) is 11.1 Å². The third-order valence-electron chi connectivity index (χ3n) is 3.20. The first kappa shape index (κ1) is 19.0. The summed E-state index contributed by atoms with van der Waals surface area (Å²) in [5.41, 5.74) is 7.37. The van der Waals surface area contributed by atoms with Gasteiger partial charge in [0.15, 0.2) is 15.0 Å². The van der Waals surface area contributed by atoms with Crippen LogP contribution in [-0.2, 0) is 15.6 Å². The summed E-state index contributed by atoms with van der Waals surface area (Å²) in [5.74, 6) is 1.14. The molecule has 6 nitrogen and oxygen atoms in total. The Bertz CT molecular complexity index is 879. The molecule has 0 aliphatic heterocycles. The number of nitrogens with two attached hydrogens (primary N) is 1. The zero-order valence-corrected chi connectivity index (χ0v) is 15.5. The van der Waals surface area contributed by atoms with E-state index in [2.05, 4.69) is 10.2 Å². The predicted octanol–water partition coefficient (Wildman–Crippen LogP) is 2.68. The minimum atomic E-state index is -3.42. The van der Waals surface area contributed by atoms with Crippen LogP contribution in [0.5, 0.6) is 5.75 Å². The van der Waals surface area contributed by atoms with Crippen molar-refractivity contribution in [2.75, 3.05) is 13.4 Å². The molecule has 2 aromatic rings. The first-order chi connectivity index (χ1) is 11.9. The van der Waals surface area contributed by atoms with E-state index in [-0.39, 0.29) is 4.90 Å². The fourth-order valence-electron chi connectivity index (χ4n) is 1.98. The van der Waals surface area contributed by atoms with Crippen molar-refractivity contribution in [2.45, 2.75) is 10.6 Å². The fraction of sp³-hybridized carbons (Fsp3) is 0.176. The van der Waals surface area contributed by atoms with Gasteiger partial charge < -0.3 is 10.5 Å². The summed E-state index contributed by atoms with van der Waals surface area (Å²) in [7, 11) is -1.94. The van der Waals surface area contributed by atoms with Gasteiger partial charge in [-0.15, -0.1) is 5.10 Å². The number of sulfone groups is 1. The van der Waals surface area contributed by atoms with Gasteiger partial charge in [-0.3, -0.25) is 0 Å². The van der Waals surface area contributed by atoms with Gasteiger partial charge in [0.25, 0.3) is 0 Å². The van der Waals surface area contributed by atoms with Crippen LogP contribution < -0.4 is 10.5 Å². The number of hydrogen-bond donors (Lipinski definition) is 1. The largest absolute Gasteiger partial charge is 0.497 e. The molecule has 0 aliphatic carbocycles. The lowest BCUT2D eigenvalue weighted by molar-refractivity contribution is 0.413. The molecule has 0 bridgehead atoms. The molecule has 0 atom stereocenters. The highest BCUT2D eigenvalue weighted by molar-refractivity contribution is 8.13. The highest BCUT2D eigenvalue weighted by Gasteiger charge is 2.13. The monoisotopic (exact) mass is 377 g/mol. The Balaban J connectivity index is 2.10. The molecule has 0 amide bonds. The SMILES string of the molecule is COc1ccc(C=NN=C(N)SCc2ccccc2)c(S(C)(=O)=O)c1. The van der Waals surface area contributed by atoms with Gasteiger partial charge in [-0.05, 0) is 23.8 Å². The maximum absolute atomic E-state index is 11.9. The Morgan fingerprint density at radius 2 is 1.96 bits per heavy atom. The molecule has 0 radical (unpaired) electrons. The highest BCUT2D eigenvalue weighted by Crippen LogP contribution is 2.21. The number of amidine groups is 1. The third-order valence-corrected chi connectivity index (χ3v) is 5.21. The lowest BCUT2D eigenvalue weighted by atomic mass is 10.2. The van der Waals surface area contributed by atoms with E-state index in [9.17, 15) is 8.42 Å². The molecule has 0 saturated heterocycles. The topological polar surface area (TPSA) is 94.1 Å². The van der Waals surface area contributed by atoms with Crippen molar-refractivity contribution in [3.63, 3.8) is 0 Å². The van der Waals surface area contributed by atoms with E-state index in [0.717, 1.165) is 11.8 Å². The van der Waals surface area contributed by atoms with Gasteiger partial charge in [-0.1, -0.05) is 42.1 Å². The van der Waals surface area contributed by atoms with Gasteiger partial charge in [0.05, 0.1) is 18.2 Å². The third kappa shape index (κ3) is 5.91. The second-order valence-corrected chi connectivity index (χ2v) is 8.11. The summed E-state index contributed by atoms with van der Waals surface area (Å²) in [5, 5.41) is 8.10. The summed E-state index contributed by atoms with van der Waals surface area (Å²) in [6.07, 6.45) is 2.50. The second-order valence-electron chi connectivity index (χ2n) is 5.13. The predicted molar refractivity (Wildman–Crippen MR) is 103 cm³/mol. The van der Waals surface area contributed by atoms with Gasteiger partial charge in [0, 0.05) is 17.6 Å². The molecule has 0 spiro atoms. The maximum atomic E-state index is 11.9. The zero-order chi connectivity index (χ0) is 18.3. The van der Waals surface area contributed by atoms with Crippen LogP contribution in [-0.4, -0.2) is 33.2 Å². The standard InChI is InChI=1S/C17H19N3O3S2/c1-23-15-9-8-14(16(10-15)25(2,21)22)11-19-20-17(18)24-12-13-6-4-3-5-7-13/h3-11H,12H2,1-2H3,(H2,18,20). The Hall–Kier alpha value is -2.32. The lowest BCUT2D eigenvalue weighted by Gasteiger charge is -2.06. The first-order valence-corrected chi connectivity index (χ1v) is 10.2. The fourth-order valence-corrected chi connectivity index (χ4v) is 3.47. The molecule has 8 heteroatoms. The van der Waals surface area contributed by atoms with Crippen LogP contribution in [0.4, 0.5) is 0 Å². The number of benzene rings is 2. The van der Waals surface area contributed by atoms with E-state index in [1.807, 2.05) is 30.3 Å². The molecule has 25 heavy (non-hydrogen) atoms. The molecule has 0 aromatic heterocycles. The van der Waals surface area contributed by atoms with Gasteiger partial charge in [-0.25, -0.2) is 8.42 Å². The molecule has 0 saturated carbocycles. The molecule has 0 aliphatic rings. The van der Waals surface area contributed by atoms with Crippen molar-refractivity contribution in [3.8, 4) is 5.75 Å². The van der Waals surface area contributed by atoms with Gasteiger partial charge in [-0.2, -0.15) is 5.10 Å². The number of thioether (sulfide) groups is 1.